The molecule has 1 aromatic carbocycles. The zero-order chi connectivity index (χ0) is 26.5. The van der Waals surface area contributed by atoms with Gasteiger partial charge in [0.2, 0.25) is 11.8 Å². The fourth-order valence-electron chi connectivity index (χ4n) is 5.70. The van der Waals surface area contributed by atoms with E-state index >= 15 is 0 Å². The van der Waals surface area contributed by atoms with E-state index < -0.39 is 53.1 Å². The van der Waals surface area contributed by atoms with Crippen LogP contribution in [0, 0.1) is 5.41 Å². The minimum Gasteiger partial charge on any atom is -0.417 e. The van der Waals surface area contributed by atoms with Gasteiger partial charge in [-0.1, -0.05) is 0 Å². The summed E-state index contributed by atoms with van der Waals surface area (Å²) in [4.78, 5) is 64.7. The molecular weight excluding hydrogens is 497 g/mol. The summed E-state index contributed by atoms with van der Waals surface area (Å²) in [6.45, 7) is 2.71. The van der Waals surface area contributed by atoms with E-state index in [1.165, 1.54) is 12.1 Å². The average Bonchev–Trinajstić information content (AvgIpc) is 3.10. The highest BCUT2D eigenvalue weighted by Crippen LogP contribution is 2.45. The number of piperidine rings is 3. The molecule has 5 rings (SSSR count). The Balaban J connectivity index is 1.50. The number of benzene rings is 1. The van der Waals surface area contributed by atoms with Crippen molar-refractivity contribution in [3.8, 4) is 5.75 Å². The predicted octanol–water partition coefficient (Wildman–Crippen LogP) is 1.53. The Morgan fingerprint density at radius 3 is 2.30 bits per heavy atom. The molecule has 3 saturated heterocycles. The Kier molecular flexibility index (Phi) is 6.21. The number of alkyl halides is 3. The van der Waals surface area contributed by atoms with Crippen LogP contribution in [0.25, 0.3) is 0 Å². The molecule has 10 nitrogen and oxygen atoms in total. The molecule has 0 saturated carbocycles. The Morgan fingerprint density at radius 1 is 1.00 bits per heavy atom. The van der Waals surface area contributed by atoms with Gasteiger partial charge < -0.3 is 15.0 Å². The molecule has 2 N–H and O–H groups in total. The summed E-state index contributed by atoms with van der Waals surface area (Å²) >= 11 is 0. The quantitative estimate of drug-likeness (QED) is 0.348. The van der Waals surface area contributed by atoms with Crippen molar-refractivity contribution in [3.05, 3.63) is 23.3 Å². The lowest BCUT2D eigenvalue weighted by molar-refractivity contribution is -0.189. The second kappa shape index (κ2) is 9.12. The maximum Gasteiger partial charge on any atom is 0.491 e. The zero-order valence-corrected chi connectivity index (χ0v) is 19.8. The first-order chi connectivity index (χ1) is 17.5. The van der Waals surface area contributed by atoms with Crippen LogP contribution < -0.4 is 20.3 Å². The van der Waals surface area contributed by atoms with Gasteiger partial charge in [0.1, 0.15) is 6.04 Å². The number of carbonyl (C=O) groups excluding carboxylic acids is 5. The number of hydrogen-bond acceptors (Lipinski definition) is 8. The van der Waals surface area contributed by atoms with E-state index in [0.29, 0.717) is 18.0 Å². The van der Waals surface area contributed by atoms with E-state index in [2.05, 4.69) is 10.6 Å². The van der Waals surface area contributed by atoms with Crippen LogP contribution in [-0.2, 0) is 14.4 Å². The van der Waals surface area contributed by atoms with Crippen LogP contribution in [0.5, 0.6) is 5.75 Å². The number of amides is 4. The van der Waals surface area contributed by atoms with Crippen LogP contribution in [-0.4, -0.2) is 72.9 Å². The summed E-state index contributed by atoms with van der Waals surface area (Å²) in [5.74, 6) is -6.53. The first-order valence-corrected chi connectivity index (χ1v) is 12.1. The maximum absolute atomic E-state index is 13.4. The molecule has 1 unspecified atom stereocenters. The third kappa shape index (κ3) is 4.45. The van der Waals surface area contributed by atoms with Crippen LogP contribution in [0.3, 0.4) is 0 Å². The van der Waals surface area contributed by atoms with E-state index in [9.17, 15) is 37.1 Å². The van der Waals surface area contributed by atoms with Gasteiger partial charge in [-0.05, 0) is 62.7 Å². The van der Waals surface area contributed by atoms with Crippen LogP contribution in [0.15, 0.2) is 12.1 Å². The number of halogens is 3. The van der Waals surface area contributed by atoms with Gasteiger partial charge in [-0.25, -0.2) is 4.79 Å². The molecule has 1 atom stereocenters. The van der Waals surface area contributed by atoms with E-state index in [4.69, 9.17) is 4.74 Å². The highest BCUT2D eigenvalue weighted by molar-refractivity contribution is 6.25. The summed E-state index contributed by atoms with van der Waals surface area (Å²) in [6.07, 6.45) is -2.07. The molecule has 0 bridgehead atoms. The van der Waals surface area contributed by atoms with Crippen molar-refractivity contribution in [1.29, 1.82) is 0 Å². The number of nitrogens with one attached hydrogen (secondary N) is 2. The Labute approximate surface area is 209 Å². The van der Waals surface area contributed by atoms with E-state index in [1.807, 2.05) is 0 Å². The molecule has 37 heavy (non-hydrogen) atoms. The van der Waals surface area contributed by atoms with Crippen molar-refractivity contribution in [3.63, 3.8) is 0 Å². The van der Waals surface area contributed by atoms with Gasteiger partial charge in [0.25, 0.3) is 11.8 Å². The lowest BCUT2D eigenvalue weighted by Crippen LogP contribution is -2.54. The predicted molar refractivity (Wildman–Crippen MR) is 121 cm³/mol. The number of imide groups is 2. The lowest BCUT2D eigenvalue weighted by Gasteiger charge is -2.45. The van der Waals surface area contributed by atoms with Gasteiger partial charge >= 0.3 is 12.1 Å². The first kappa shape index (κ1) is 25.2. The average molecular weight is 522 g/mol. The van der Waals surface area contributed by atoms with Crippen molar-refractivity contribution in [2.75, 3.05) is 31.1 Å². The molecule has 4 aliphatic heterocycles. The van der Waals surface area contributed by atoms with Crippen molar-refractivity contribution in [2.45, 2.75) is 50.7 Å². The summed E-state index contributed by atoms with van der Waals surface area (Å²) in [7, 11) is 0. The van der Waals surface area contributed by atoms with E-state index in [0.717, 1.165) is 38.8 Å². The fraction of sp³-hybridized carbons (Fsp3) is 0.542. The monoisotopic (exact) mass is 522 g/mol. The third-order valence-corrected chi connectivity index (χ3v) is 7.80. The molecule has 0 aromatic heterocycles. The van der Waals surface area contributed by atoms with Gasteiger partial charge in [0.15, 0.2) is 5.75 Å². The molecule has 0 aliphatic carbocycles. The molecular formula is C24H25F3N4O6. The Bertz CT molecular complexity index is 1180. The molecule has 1 aromatic rings. The molecule has 4 amide bonds. The van der Waals surface area contributed by atoms with Crippen molar-refractivity contribution in [2.24, 2.45) is 5.41 Å². The fourth-order valence-corrected chi connectivity index (χ4v) is 5.70. The van der Waals surface area contributed by atoms with Crippen LogP contribution in [0.1, 0.15) is 59.2 Å². The van der Waals surface area contributed by atoms with Gasteiger partial charge in [-0.15, -0.1) is 0 Å². The summed E-state index contributed by atoms with van der Waals surface area (Å²) in [5, 5.41) is 5.38. The van der Waals surface area contributed by atoms with Crippen molar-refractivity contribution >= 4 is 35.3 Å². The van der Waals surface area contributed by atoms with Crippen LogP contribution in [0.4, 0.5) is 18.9 Å². The Hall–Kier alpha value is -3.48. The highest BCUT2D eigenvalue weighted by Gasteiger charge is 2.49. The summed E-state index contributed by atoms with van der Waals surface area (Å²) < 4.78 is 44.3. The summed E-state index contributed by atoms with van der Waals surface area (Å²) in [6, 6.07) is 1.36. The van der Waals surface area contributed by atoms with Crippen molar-refractivity contribution < 1.29 is 41.9 Å². The number of anilines is 1. The topological polar surface area (TPSA) is 125 Å². The maximum atomic E-state index is 13.4. The second-order valence-corrected chi connectivity index (χ2v) is 9.91. The normalized spacial score (nSPS) is 23.8. The second-order valence-electron chi connectivity index (χ2n) is 9.91. The molecule has 0 radical (unpaired) electrons. The zero-order valence-electron chi connectivity index (χ0n) is 19.8. The number of fused-ring (bicyclic) bond motifs is 1. The molecule has 3 fully saturated rings. The van der Waals surface area contributed by atoms with Gasteiger partial charge in [-0.2, -0.15) is 13.2 Å². The molecule has 4 heterocycles. The molecule has 198 valence electrons. The number of nitrogens with zero attached hydrogens (tertiary/aromatic N) is 2. The first-order valence-electron chi connectivity index (χ1n) is 12.1. The van der Waals surface area contributed by atoms with Crippen molar-refractivity contribution in [1.82, 2.24) is 15.5 Å². The SMILES string of the molecule is O=C1CCC(N2C(=O)c3ccc(N4CCC5(CCNCC5)CC4)c(OC(=O)C(F)(F)F)c3C2=O)C(=O)N1. The van der Waals surface area contributed by atoms with Gasteiger partial charge in [-0.3, -0.25) is 29.4 Å². The van der Waals surface area contributed by atoms with Crippen LogP contribution >= 0.6 is 0 Å². The Morgan fingerprint density at radius 2 is 1.68 bits per heavy atom. The van der Waals surface area contributed by atoms with Crippen LogP contribution in [0.2, 0.25) is 0 Å². The smallest absolute Gasteiger partial charge is 0.417 e. The number of carbonyl (C=O) groups is 5. The number of esters is 1. The minimum absolute atomic E-state index is 0.103. The molecule has 4 aliphatic rings. The standard InChI is InChI=1S/C24H25F3N4O6/c25-24(26,27)22(36)37-18-14(30-11-7-23(8-12-30)5-9-28-10-6-23)2-1-13-17(18)21(35)31(20(13)34)15-3-4-16(32)29-19(15)33/h1-2,15,28H,3-12H2,(H,29,32,33). The largest absolute Gasteiger partial charge is 0.491 e. The van der Waals surface area contributed by atoms with E-state index in [1.54, 1.807) is 4.90 Å². The van der Waals surface area contributed by atoms with E-state index in [-0.39, 0.29) is 29.5 Å². The number of hydrogen-bond donors (Lipinski definition) is 2. The summed E-state index contributed by atoms with van der Waals surface area (Å²) in [5.41, 5.74) is -0.538. The molecule has 13 heteroatoms. The minimum atomic E-state index is -5.34. The number of rotatable bonds is 3. The molecule has 1 spiro atoms. The number of ether oxygens (including phenoxy) is 1. The van der Waals surface area contributed by atoms with Gasteiger partial charge in [0, 0.05) is 19.5 Å². The highest BCUT2D eigenvalue weighted by atomic mass is 19.4. The third-order valence-electron chi connectivity index (χ3n) is 7.80. The van der Waals surface area contributed by atoms with Gasteiger partial charge in [0.05, 0.1) is 16.8 Å². The lowest BCUT2D eigenvalue weighted by atomic mass is 9.71.